The topological polar surface area (TPSA) is 42.2 Å². The summed E-state index contributed by atoms with van der Waals surface area (Å²) in [5.41, 5.74) is 6.34. The van der Waals surface area contributed by atoms with Gasteiger partial charge >= 0.3 is 11.8 Å². The van der Waals surface area contributed by atoms with Crippen molar-refractivity contribution in [1.29, 1.82) is 0 Å². The molecule has 2 heterocycles. The summed E-state index contributed by atoms with van der Waals surface area (Å²) in [6.45, 7) is -0.474. The fourth-order valence-electron chi connectivity index (χ4n) is 1.66. The predicted molar refractivity (Wildman–Crippen MR) is 55.5 cm³/mol. The van der Waals surface area contributed by atoms with E-state index in [0.29, 0.717) is 11.4 Å². The van der Waals surface area contributed by atoms with Crippen molar-refractivity contribution in [3.05, 3.63) is 17.8 Å². The largest absolute Gasteiger partial charge is 0.397 e. The van der Waals surface area contributed by atoms with E-state index in [4.69, 9.17) is 5.73 Å². The molecule has 1 aliphatic heterocycles. The highest BCUT2D eigenvalue weighted by Gasteiger charge is 2.63. The van der Waals surface area contributed by atoms with Crippen molar-refractivity contribution in [2.24, 2.45) is 0 Å². The van der Waals surface area contributed by atoms with Crippen LogP contribution in [0, 0.1) is 6.92 Å². The third kappa shape index (κ3) is 1.89. The zero-order valence-corrected chi connectivity index (χ0v) is 9.05. The Kier molecular flexibility index (Phi) is 2.44. The number of hydrogen-bond donors (Lipinski definition) is 1. The van der Waals surface area contributed by atoms with Gasteiger partial charge in [-0.3, -0.25) is 0 Å². The molecular weight excluding hydrogens is 238 g/mol. The molecule has 0 spiro atoms. The van der Waals surface area contributed by atoms with E-state index in [1.807, 2.05) is 0 Å². The molecular formula is C10H11F4N3. The van der Waals surface area contributed by atoms with Crippen LogP contribution in [0.15, 0.2) is 12.1 Å². The van der Waals surface area contributed by atoms with Crippen molar-refractivity contribution in [3.8, 4) is 0 Å². The molecule has 1 aromatic heterocycles. The SMILES string of the molecule is Cc1nc(N2CC(F)(F)C(F)(F)C2)ccc1N. The minimum absolute atomic E-state index is 0.0913. The van der Waals surface area contributed by atoms with E-state index < -0.39 is 24.9 Å². The van der Waals surface area contributed by atoms with Gasteiger partial charge in [0.1, 0.15) is 5.82 Å². The summed E-state index contributed by atoms with van der Waals surface area (Å²) in [5.74, 6) is -7.96. The Labute approximate surface area is 95.2 Å². The van der Waals surface area contributed by atoms with E-state index >= 15 is 0 Å². The second-order valence-corrected chi connectivity index (χ2v) is 4.11. The molecule has 1 saturated heterocycles. The fraction of sp³-hybridized carbons (Fsp3) is 0.500. The highest BCUT2D eigenvalue weighted by atomic mass is 19.3. The van der Waals surface area contributed by atoms with Crippen LogP contribution in [-0.2, 0) is 0 Å². The second-order valence-electron chi connectivity index (χ2n) is 4.11. The third-order valence-corrected chi connectivity index (χ3v) is 2.75. The molecule has 0 unspecified atom stereocenters. The van der Waals surface area contributed by atoms with E-state index in [0.717, 1.165) is 4.90 Å². The molecule has 1 fully saturated rings. The summed E-state index contributed by atoms with van der Waals surface area (Å²) in [7, 11) is 0. The second kappa shape index (κ2) is 3.48. The quantitative estimate of drug-likeness (QED) is 0.775. The smallest absolute Gasteiger partial charge is 0.329 e. The summed E-state index contributed by atoms with van der Waals surface area (Å²) in [4.78, 5) is 4.79. The summed E-state index contributed by atoms with van der Waals surface area (Å²) in [6.07, 6.45) is 0. The van der Waals surface area contributed by atoms with Gasteiger partial charge in [-0.1, -0.05) is 0 Å². The van der Waals surface area contributed by atoms with Crippen LogP contribution in [0.4, 0.5) is 29.1 Å². The van der Waals surface area contributed by atoms with E-state index in [-0.39, 0.29) is 5.82 Å². The Morgan fingerprint density at radius 2 is 1.71 bits per heavy atom. The van der Waals surface area contributed by atoms with Crippen molar-refractivity contribution in [2.75, 3.05) is 23.7 Å². The summed E-state index contributed by atoms with van der Waals surface area (Å²) in [5, 5.41) is 0. The van der Waals surface area contributed by atoms with Crippen molar-refractivity contribution in [3.63, 3.8) is 0 Å². The first kappa shape index (κ1) is 11.9. The summed E-state index contributed by atoms with van der Waals surface area (Å²) in [6, 6.07) is 2.83. The Balaban J connectivity index is 2.29. The van der Waals surface area contributed by atoms with Crippen LogP contribution in [0.25, 0.3) is 0 Å². The zero-order valence-electron chi connectivity index (χ0n) is 9.05. The number of aromatic nitrogens is 1. The monoisotopic (exact) mass is 249 g/mol. The number of nitrogens with two attached hydrogens (primary N) is 1. The molecule has 7 heteroatoms. The first-order valence-electron chi connectivity index (χ1n) is 4.97. The van der Waals surface area contributed by atoms with Crippen LogP contribution in [0.3, 0.4) is 0 Å². The highest BCUT2D eigenvalue weighted by molar-refractivity contribution is 5.51. The number of aryl methyl sites for hydroxylation is 1. The Morgan fingerprint density at radius 1 is 1.18 bits per heavy atom. The number of alkyl halides is 4. The first-order valence-corrected chi connectivity index (χ1v) is 4.97. The lowest BCUT2D eigenvalue weighted by Crippen LogP contribution is -2.38. The lowest BCUT2D eigenvalue weighted by molar-refractivity contribution is -0.172. The van der Waals surface area contributed by atoms with Crippen molar-refractivity contribution < 1.29 is 17.6 Å². The maximum atomic E-state index is 13.0. The van der Waals surface area contributed by atoms with Gasteiger partial charge in [-0.25, -0.2) is 4.98 Å². The summed E-state index contributed by atoms with van der Waals surface area (Å²) < 4.78 is 52.0. The Hall–Kier alpha value is -1.53. The van der Waals surface area contributed by atoms with Crippen molar-refractivity contribution in [2.45, 2.75) is 18.8 Å². The number of halogens is 4. The van der Waals surface area contributed by atoms with Crippen molar-refractivity contribution >= 4 is 11.5 Å². The van der Waals surface area contributed by atoms with Gasteiger partial charge in [-0.05, 0) is 19.1 Å². The number of nitrogens with zero attached hydrogens (tertiary/aromatic N) is 2. The fourth-order valence-corrected chi connectivity index (χ4v) is 1.66. The minimum Gasteiger partial charge on any atom is -0.397 e. The molecule has 1 aliphatic rings. The molecule has 3 nitrogen and oxygen atoms in total. The third-order valence-electron chi connectivity index (χ3n) is 2.75. The molecule has 0 radical (unpaired) electrons. The number of hydrogen-bond acceptors (Lipinski definition) is 3. The first-order chi connectivity index (χ1) is 7.73. The Morgan fingerprint density at radius 3 is 2.18 bits per heavy atom. The van der Waals surface area contributed by atoms with E-state index in [1.54, 1.807) is 6.92 Å². The molecule has 0 atom stereocenters. The van der Waals surface area contributed by atoms with Gasteiger partial charge in [0.2, 0.25) is 0 Å². The molecule has 94 valence electrons. The van der Waals surface area contributed by atoms with Gasteiger partial charge < -0.3 is 10.6 Å². The van der Waals surface area contributed by atoms with Crippen LogP contribution >= 0.6 is 0 Å². The van der Waals surface area contributed by atoms with Crippen LogP contribution in [0.1, 0.15) is 5.69 Å². The number of nitrogen functional groups attached to an aromatic ring is 1. The van der Waals surface area contributed by atoms with Gasteiger partial charge in [0.25, 0.3) is 0 Å². The Bertz CT molecular complexity index is 431. The molecule has 0 aromatic carbocycles. The van der Waals surface area contributed by atoms with Gasteiger partial charge in [0.15, 0.2) is 0 Å². The summed E-state index contributed by atoms with van der Waals surface area (Å²) >= 11 is 0. The molecule has 17 heavy (non-hydrogen) atoms. The van der Waals surface area contributed by atoms with Crippen LogP contribution in [-0.4, -0.2) is 29.9 Å². The van der Waals surface area contributed by atoms with Gasteiger partial charge in [-0.2, -0.15) is 17.6 Å². The van der Waals surface area contributed by atoms with Gasteiger partial charge in [0.05, 0.1) is 24.5 Å². The van der Waals surface area contributed by atoms with Gasteiger partial charge in [0, 0.05) is 0 Å². The molecule has 0 saturated carbocycles. The number of anilines is 2. The standard InChI is InChI=1S/C10H11F4N3/c1-6-7(15)2-3-8(16-6)17-4-9(11,12)10(13,14)5-17/h2-3H,4-5,15H2,1H3. The minimum atomic E-state index is -4.02. The molecule has 2 rings (SSSR count). The predicted octanol–water partition coefficient (Wildman–Crippen LogP) is 2.06. The zero-order chi connectivity index (χ0) is 12.8. The average Bonchev–Trinajstić information content (AvgIpc) is 2.41. The molecule has 1 aromatic rings. The van der Waals surface area contributed by atoms with Crippen molar-refractivity contribution in [1.82, 2.24) is 4.98 Å². The maximum Gasteiger partial charge on any atom is 0.329 e. The molecule has 0 bridgehead atoms. The van der Waals surface area contributed by atoms with Crippen LogP contribution < -0.4 is 10.6 Å². The molecule has 0 amide bonds. The van der Waals surface area contributed by atoms with Gasteiger partial charge in [-0.15, -0.1) is 0 Å². The molecule has 2 N–H and O–H groups in total. The number of pyridine rings is 1. The lowest BCUT2D eigenvalue weighted by Gasteiger charge is -2.16. The van der Waals surface area contributed by atoms with E-state index in [1.165, 1.54) is 12.1 Å². The average molecular weight is 249 g/mol. The van der Waals surface area contributed by atoms with E-state index in [2.05, 4.69) is 4.98 Å². The van der Waals surface area contributed by atoms with Crippen LogP contribution in [0.5, 0.6) is 0 Å². The molecule has 0 aliphatic carbocycles. The highest BCUT2D eigenvalue weighted by Crippen LogP contribution is 2.42. The van der Waals surface area contributed by atoms with E-state index in [9.17, 15) is 17.6 Å². The lowest BCUT2D eigenvalue weighted by atomic mass is 10.2. The maximum absolute atomic E-state index is 13.0. The number of rotatable bonds is 1. The normalized spacial score (nSPS) is 21.8. The van der Waals surface area contributed by atoms with Crippen LogP contribution in [0.2, 0.25) is 0 Å².